The Hall–Kier alpha value is -3.34. The van der Waals surface area contributed by atoms with Gasteiger partial charge in [0.25, 0.3) is 10.0 Å². The van der Waals surface area contributed by atoms with Crippen LogP contribution < -0.4 is 10.0 Å². The van der Waals surface area contributed by atoms with E-state index in [0.717, 1.165) is 0 Å². The maximum atomic E-state index is 12.9. The molecule has 0 radical (unpaired) electrons. The zero-order valence-electron chi connectivity index (χ0n) is 13.9. The van der Waals surface area contributed by atoms with E-state index in [0.29, 0.717) is 21.5 Å². The summed E-state index contributed by atoms with van der Waals surface area (Å²) in [6.07, 6.45) is 2.96. The van der Waals surface area contributed by atoms with Gasteiger partial charge in [0, 0.05) is 23.8 Å². The summed E-state index contributed by atoms with van der Waals surface area (Å²) in [6, 6.07) is 6.76. The Morgan fingerprint density at radius 1 is 1.15 bits per heavy atom. The van der Waals surface area contributed by atoms with Crippen LogP contribution in [0.3, 0.4) is 0 Å². The number of nitrogens with two attached hydrogens (primary N) is 1. The molecule has 134 valence electrons. The van der Waals surface area contributed by atoms with Crippen molar-refractivity contribution < 1.29 is 13.2 Å². The van der Waals surface area contributed by atoms with Crippen molar-refractivity contribution in [3.05, 3.63) is 54.1 Å². The summed E-state index contributed by atoms with van der Waals surface area (Å²) >= 11 is 0. The van der Waals surface area contributed by atoms with E-state index >= 15 is 0 Å². The van der Waals surface area contributed by atoms with Gasteiger partial charge in [0.1, 0.15) is 0 Å². The molecule has 0 aromatic carbocycles. The van der Waals surface area contributed by atoms with Crippen LogP contribution in [0, 0.1) is 13.8 Å². The van der Waals surface area contributed by atoms with Crippen LogP contribution >= 0.6 is 0 Å². The predicted octanol–water partition coefficient (Wildman–Crippen LogP) is 0.948. The van der Waals surface area contributed by atoms with Gasteiger partial charge in [-0.1, -0.05) is 6.07 Å². The molecular weight excluding hydrogens is 358 g/mol. The lowest BCUT2D eigenvalue weighted by Crippen LogP contribution is -2.42. The number of primary amides is 1. The number of anilines is 1. The van der Waals surface area contributed by atoms with E-state index < -0.39 is 16.1 Å². The summed E-state index contributed by atoms with van der Waals surface area (Å²) in [6.45, 7) is 3.31. The normalized spacial score (nSPS) is 11.3. The van der Waals surface area contributed by atoms with Crippen LogP contribution in [0.5, 0.6) is 0 Å². The second kappa shape index (κ2) is 6.52. The standard InChI is InChI=1S/C15H15N7O3S/c1-10-9-11(2)19-15(18-10)22(14(16)23)26(24,25)13-6-8-21(20-13)12-5-3-4-7-17-12/h3-9H,1-2H3,(H2,16,23). The summed E-state index contributed by atoms with van der Waals surface area (Å²) in [7, 11) is -4.40. The van der Waals surface area contributed by atoms with E-state index in [4.69, 9.17) is 5.73 Å². The molecule has 11 heteroatoms. The third-order valence-corrected chi connectivity index (χ3v) is 4.88. The Kier molecular flexibility index (Phi) is 4.38. The third kappa shape index (κ3) is 3.24. The highest BCUT2D eigenvalue weighted by Crippen LogP contribution is 2.20. The fourth-order valence-electron chi connectivity index (χ4n) is 2.28. The maximum absolute atomic E-state index is 12.9. The topological polar surface area (TPSA) is 137 Å². The first kappa shape index (κ1) is 17.5. The molecule has 0 aliphatic rings. The number of hydrogen-bond acceptors (Lipinski definition) is 7. The third-order valence-electron chi connectivity index (χ3n) is 3.31. The van der Waals surface area contributed by atoms with Crippen molar-refractivity contribution in [3.63, 3.8) is 0 Å². The first-order chi connectivity index (χ1) is 12.3. The van der Waals surface area contributed by atoms with Crippen LogP contribution in [0.15, 0.2) is 47.8 Å². The zero-order valence-corrected chi connectivity index (χ0v) is 14.8. The molecule has 0 aliphatic carbocycles. The molecule has 3 rings (SSSR count). The number of urea groups is 1. The lowest BCUT2D eigenvalue weighted by Gasteiger charge is -2.17. The second-order valence-electron chi connectivity index (χ2n) is 5.34. The van der Waals surface area contributed by atoms with Gasteiger partial charge in [-0.15, -0.1) is 4.31 Å². The zero-order chi connectivity index (χ0) is 18.9. The quantitative estimate of drug-likeness (QED) is 0.718. The van der Waals surface area contributed by atoms with Gasteiger partial charge in [0.2, 0.25) is 5.95 Å². The van der Waals surface area contributed by atoms with Gasteiger partial charge in [-0.3, -0.25) is 0 Å². The van der Waals surface area contributed by atoms with Crippen LogP contribution in [0.25, 0.3) is 5.82 Å². The monoisotopic (exact) mass is 373 g/mol. The number of carbonyl (C=O) groups excluding carboxylic acids is 1. The number of rotatable bonds is 4. The first-order valence-electron chi connectivity index (χ1n) is 7.43. The van der Waals surface area contributed by atoms with Crippen LogP contribution in [0.2, 0.25) is 0 Å². The Labute approximate surface area is 149 Å². The smallest absolute Gasteiger partial charge is 0.336 e. The van der Waals surface area contributed by atoms with E-state index in [1.54, 1.807) is 44.3 Å². The molecule has 0 fully saturated rings. The summed E-state index contributed by atoms with van der Waals surface area (Å²) in [5.41, 5.74) is 6.28. The first-order valence-corrected chi connectivity index (χ1v) is 8.87. The number of amides is 2. The number of pyridine rings is 1. The van der Waals surface area contributed by atoms with E-state index in [2.05, 4.69) is 20.1 Å². The molecule has 0 saturated heterocycles. The number of nitrogens with zero attached hydrogens (tertiary/aromatic N) is 6. The van der Waals surface area contributed by atoms with Gasteiger partial charge < -0.3 is 5.73 Å². The molecule has 0 spiro atoms. The Balaban J connectivity index is 2.07. The second-order valence-corrected chi connectivity index (χ2v) is 7.08. The molecule has 0 saturated carbocycles. The minimum Gasteiger partial charge on any atom is -0.350 e. The molecule has 2 amide bonds. The fraction of sp³-hybridized carbons (Fsp3) is 0.133. The molecule has 0 bridgehead atoms. The minimum absolute atomic E-state index is 0.331. The van der Waals surface area contributed by atoms with Gasteiger partial charge in [-0.25, -0.2) is 24.4 Å². The largest absolute Gasteiger partial charge is 0.350 e. The Morgan fingerprint density at radius 3 is 2.42 bits per heavy atom. The van der Waals surface area contributed by atoms with Crippen LogP contribution in [-0.2, 0) is 10.0 Å². The van der Waals surface area contributed by atoms with Gasteiger partial charge in [0.15, 0.2) is 10.8 Å². The van der Waals surface area contributed by atoms with Crippen LogP contribution in [0.1, 0.15) is 11.4 Å². The van der Waals surface area contributed by atoms with E-state index in [-0.39, 0.29) is 11.0 Å². The summed E-state index contributed by atoms with van der Waals surface area (Å²) in [5.74, 6) is 0.0876. The lowest BCUT2D eigenvalue weighted by atomic mass is 10.4. The molecule has 3 aromatic heterocycles. The molecule has 0 unspecified atom stereocenters. The van der Waals surface area contributed by atoms with Gasteiger partial charge in [0.05, 0.1) is 0 Å². The van der Waals surface area contributed by atoms with Crippen molar-refractivity contribution in [2.75, 3.05) is 4.31 Å². The number of aromatic nitrogens is 5. The van der Waals surface area contributed by atoms with Crippen molar-refractivity contribution in [2.45, 2.75) is 18.9 Å². The SMILES string of the molecule is Cc1cc(C)nc(N(C(N)=O)S(=O)(=O)c2ccn(-c3ccccn3)n2)n1. The molecule has 0 atom stereocenters. The van der Waals surface area contributed by atoms with Gasteiger partial charge >= 0.3 is 6.03 Å². The van der Waals surface area contributed by atoms with Crippen molar-refractivity contribution >= 4 is 22.0 Å². The average Bonchev–Trinajstić information content (AvgIpc) is 3.05. The summed E-state index contributed by atoms with van der Waals surface area (Å²) < 4.78 is 27.4. The highest BCUT2D eigenvalue weighted by Gasteiger charge is 2.34. The minimum atomic E-state index is -4.40. The van der Waals surface area contributed by atoms with Crippen molar-refractivity contribution in [1.29, 1.82) is 0 Å². The van der Waals surface area contributed by atoms with Crippen LogP contribution in [0.4, 0.5) is 10.7 Å². The van der Waals surface area contributed by atoms with E-state index in [1.807, 2.05) is 0 Å². The summed E-state index contributed by atoms with van der Waals surface area (Å²) in [4.78, 5) is 23.9. The van der Waals surface area contributed by atoms with Crippen molar-refractivity contribution in [3.8, 4) is 5.82 Å². The Morgan fingerprint density at radius 2 is 1.85 bits per heavy atom. The maximum Gasteiger partial charge on any atom is 0.336 e. The molecule has 0 aliphatic heterocycles. The number of aryl methyl sites for hydroxylation is 2. The van der Waals surface area contributed by atoms with Crippen molar-refractivity contribution in [2.24, 2.45) is 5.73 Å². The van der Waals surface area contributed by atoms with E-state index in [1.165, 1.54) is 16.9 Å². The molecular formula is C15H15N7O3S. The van der Waals surface area contributed by atoms with Gasteiger partial charge in [-0.05, 0) is 38.1 Å². The fourth-order valence-corrected chi connectivity index (χ4v) is 3.42. The average molecular weight is 373 g/mol. The van der Waals surface area contributed by atoms with Crippen LogP contribution in [-0.4, -0.2) is 39.2 Å². The predicted molar refractivity (Wildman–Crippen MR) is 92.1 cm³/mol. The summed E-state index contributed by atoms with van der Waals surface area (Å²) in [5, 5.41) is 3.60. The lowest BCUT2D eigenvalue weighted by molar-refractivity contribution is 0.256. The van der Waals surface area contributed by atoms with Crippen molar-refractivity contribution in [1.82, 2.24) is 24.7 Å². The highest BCUT2D eigenvalue weighted by molar-refractivity contribution is 7.93. The highest BCUT2D eigenvalue weighted by atomic mass is 32.2. The molecule has 26 heavy (non-hydrogen) atoms. The molecule has 2 N–H and O–H groups in total. The number of sulfonamides is 1. The Bertz CT molecular complexity index is 1040. The number of carbonyl (C=O) groups is 1. The molecule has 3 heterocycles. The van der Waals surface area contributed by atoms with E-state index in [9.17, 15) is 13.2 Å². The van der Waals surface area contributed by atoms with Gasteiger partial charge in [-0.2, -0.15) is 13.5 Å². The molecule has 3 aromatic rings. The number of hydrogen-bond donors (Lipinski definition) is 1. The molecule has 10 nitrogen and oxygen atoms in total.